The molecule has 0 aromatic carbocycles. The average Bonchev–Trinajstić information content (AvgIpc) is 2.29. The Hall–Kier alpha value is -0.330. The maximum absolute atomic E-state index is 11.8. The largest absolute Gasteiger partial charge is 0.299 e. The molecule has 0 heterocycles. The van der Waals surface area contributed by atoms with Gasteiger partial charge in [-0.1, -0.05) is 64.7 Å². The molecule has 0 aliphatic heterocycles. The van der Waals surface area contributed by atoms with Crippen LogP contribution in [0.25, 0.3) is 0 Å². The summed E-state index contributed by atoms with van der Waals surface area (Å²) in [5.41, 5.74) is 0. The second-order valence-electron chi connectivity index (χ2n) is 5.44. The molecule has 1 saturated carbocycles. The number of Topliss-reactive ketones (excluding diaryl/α,β-unsaturated/α-hetero) is 1. The van der Waals surface area contributed by atoms with Gasteiger partial charge in [-0.2, -0.15) is 0 Å². The average molecular weight is 224 g/mol. The van der Waals surface area contributed by atoms with E-state index in [1.54, 1.807) is 0 Å². The molecule has 0 amide bonds. The zero-order chi connectivity index (χ0) is 11.6. The Balaban J connectivity index is 2.24. The highest BCUT2D eigenvalue weighted by atomic mass is 16.1. The van der Waals surface area contributed by atoms with Gasteiger partial charge in [0.15, 0.2) is 0 Å². The van der Waals surface area contributed by atoms with Crippen molar-refractivity contribution >= 4 is 5.78 Å². The third kappa shape index (κ3) is 6.30. The minimum Gasteiger partial charge on any atom is -0.299 e. The van der Waals surface area contributed by atoms with Crippen LogP contribution in [0.5, 0.6) is 0 Å². The number of hydrogen-bond acceptors (Lipinski definition) is 1. The molecular weight excluding hydrogens is 196 g/mol. The molecule has 1 fully saturated rings. The predicted molar refractivity (Wildman–Crippen MR) is 69.6 cm³/mol. The lowest BCUT2D eigenvalue weighted by Gasteiger charge is -2.11. The van der Waals surface area contributed by atoms with Crippen LogP contribution in [0.15, 0.2) is 0 Å². The Bertz CT molecular complexity index is 186. The normalized spacial score (nSPS) is 27.3. The summed E-state index contributed by atoms with van der Waals surface area (Å²) in [7, 11) is 0. The molecule has 94 valence electrons. The summed E-state index contributed by atoms with van der Waals surface area (Å²) in [5.74, 6) is 0.833. The molecule has 0 bridgehead atoms. The molecule has 0 aromatic heterocycles. The molecular formula is C15H28O. The van der Waals surface area contributed by atoms with Crippen LogP contribution in [0.3, 0.4) is 0 Å². The van der Waals surface area contributed by atoms with Gasteiger partial charge in [-0.25, -0.2) is 0 Å². The summed E-state index contributed by atoms with van der Waals surface area (Å²) >= 11 is 0. The number of carbonyl (C=O) groups is 1. The van der Waals surface area contributed by atoms with Crippen molar-refractivity contribution in [3.05, 3.63) is 0 Å². The molecule has 1 nitrogen and oxygen atoms in total. The van der Waals surface area contributed by atoms with E-state index in [4.69, 9.17) is 0 Å². The Morgan fingerprint density at radius 1 is 0.750 bits per heavy atom. The van der Waals surface area contributed by atoms with Crippen LogP contribution in [0.1, 0.15) is 84.0 Å². The van der Waals surface area contributed by atoms with E-state index in [0.29, 0.717) is 11.7 Å². The van der Waals surface area contributed by atoms with E-state index in [9.17, 15) is 4.79 Å². The van der Waals surface area contributed by atoms with Gasteiger partial charge < -0.3 is 0 Å². The Labute approximate surface area is 101 Å². The number of ketones is 1. The number of carbonyl (C=O) groups excluding carboxylic acids is 1. The van der Waals surface area contributed by atoms with E-state index >= 15 is 0 Å². The molecule has 1 atom stereocenters. The summed E-state index contributed by atoms with van der Waals surface area (Å²) in [6, 6.07) is 0. The molecule has 0 N–H and O–H groups in total. The highest BCUT2D eigenvalue weighted by Gasteiger charge is 2.11. The van der Waals surface area contributed by atoms with Crippen molar-refractivity contribution in [1.29, 1.82) is 0 Å². The lowest BCUT2D eigenvalue weighted by molar-refractivity contribution is -0.122. The first-order valence-corrected chi connectivity index (χ1v) is 7.33. The van der Waals surface area contributed by atoms with Gasteiger partial charge in [0.2, 0.25) is 0 Å². The lowest BCUT2D eigenvalue weighted by Crippen LogP contribution is -2.10. The second-order valence-corrected chi connectivity index (χ2v) is 5.44. The number of hydrogen-bond donors (Lipinski definition) is 0. The van der Waals surface area contributed by atoms with E-state index in [0.717, 1.165) is 19.3 Å². The summed E-state index contributed by atoms with van der Waals surface area (Å²) in [6.45, 7) is 2.12. The fourth-order valence-electron chi connectivity index (χ4n) is 2.57. The van der Waals surface area contributed by atoms with Gasteiger partial charge in [0.05, 0.1) is 0 Å². The van der Waals surface area contributed by atoms with Crippen LogP contribution in [-0.4, -0.2) is 5.78 Å². The van der Waals surface area contributed by atoms with Gasteiger partial charge in [-0.3, -0.25) is 4.79 Å². The first-order valence-electron chi connectivity index (χ1n) is 7.33. The fraction of sp³-hybridized carbons (Fsp3) is 0.933. The summed E-state index contributed by atoms with van der Waals surface area (Å²) in [5, 5.41) is 0. The summed E-state index contributed by atoms with van der Waals surface area (Å²) in [4.78, 5) is 11.8. The highest BCUT2D eigenvalue weighted by molar-refractivity contribution is 5.80. The number of rotatable bonds is 0. The maximum atomic E-state index is 11.8. The minimum atomic E-state index is 0.322. The van der Waals surface area contributed by atoms with Gasteiger partial charge in [0, 0.05) is 12.3 Å². The second kappa shape index (κ2) is 8.78. The molecule has 1 aliphatic carbocycles. The van der Waals surface area contributed by atoms with E-state index in [1.165, 1.54) is 57.8 Å². The van der Waals surface area contributed by atoms with Gasteiger partial charge >= 0.3 is 0 Å². The van der Waals surface area contributed by atoms with Gasteiger partial charge in [0.1, 0.15) is 5.78 Å². The van der Waals surface area contributed by atoms with Crippen molar-refractivity contribution in [3.63, 3.8) is 0 Å². The van der Waals surface area contributed by atoms with Gasteiger partial charge in [-0.15, -0.1) is 0 Å². The molecule has 1 rings (SSSR count). The SMILES string of the molecule is C[C@@H]1CCCCCCCCCCCCC1=O. The highest BCUT2D eigenvalue weighted by Crippen LogP contribution is 2.18. The van der Waals surface area contributed by atoms with Crippen LogP contribution in [0, 0.1) is 5.92 Å². The lowest BCUT2D eigenvalue weighted by atomic mass is 9.94. The molecule has 1 aliphatic rings. The van der Waals surface area contributed by atoms with Gasteiger partial charge in [0.25, 0.3) is 0 Å². The molecule has 0 saturated heterocycles. The van der Waals surface area contributed by atoms with Crippen molar-refractivity contribution < 1.29 is 4.79 Å². The van der Waals surface area contributed by atoms with Crippen LogP contribution < -0.4 is 0 Å². The van der Waals surface area contributed by atoms with Crippen molar-refractivity contribution in [3.8, 4) is 0 Å². The molecule has 0 radical (unpaired) electrons. The van der Waals surface area contributed by atoms with Crippen molar-refractivity contribution in [2.45, 2.75) is 84.0 Å². The predicted octanol–water partition coefficient (Wildman–Crippen LogP) is 4.89. The van der Waals surface area contributed by atoms with Crippen LogP contribution in [0.2, 0.25) is 0 Å². The van der Waals surface area contributed by atoms with Crippen LogP contribution in [-0.2, 0) is 4.79 Å². The van der Waals surface area contributed by atoms with E-state index in [2.05, 4.69) is 6.92 Å². The van der Waals surface area contributed by atoms with Crippen LogP contribution in [0.4, 0.5) is 0 Å². The third-order valence-electron chi connectivity index (χ3n) is 3.86. The van der Waals surface area contributed by atoms with E-state index in [1.807, 2.05) is 0 Å². The zero-order valence-corrected chi connectivity index (χ0v) is 11.0. The molecule has 0 aromatic rings. The van der Waals surface area contributed by atoms with Crippen LogP contribution >= 0.6 is 0 Å². The first kappa shape index (κ1) is 13.7. The Morgan fingerprint density at radius 3 is 1.75 bits per heavy atom. The Morgan fingerprint density at radius 2 is 1.19 bits per heavy atom. The quantitative estimate of drug-likeness (QED) is 0.572. The Kier molecular flexibility index (Phi) is 7.54. The summed E-state index contributed by atoms with van der Waals surface area (Å²) < 4.78 is 0. The van der Waals surface area contributed by atoms with Crippen molar-refractivity contribution in [1.82, 2.24) is 0 Å². The molecule has 0 unspecified atom stereocenters. The smallest absolute Gasteiger partial charge is 0.135 e. The fourth-order valence-corrected chi connectivity index (χ4v) is 2.57. The zero-order valence-electron chi connectivity index (χ0n) is 11.0. The molecule has 0 spiro atoms. The monoisotopic (exact) mass is 224 g/mol. The standard InChI is InChI=1S/C15H28O/c1-14-12-10-8-6-4-2-3-5-7-9-11-13-15(14)16/h14H,2-13H2,1H3/t14-/m1/s1. The van der Waals surface area contributed by atoms with Crippen molar-refractivity contribution in [2.24, 2.45) is 5.92 Å². The third-order valence-corrected chi connectivity index (χ3v) is 3.86. The van der Waals surface area contributed by atoms with E-state index in [-0.39, 0.29) is 0 Å². The van der Waals surface area contributed by atoms with E-state index < -0.39 is 0 Å². The molecule has 16 heavy (non-hydrogen) atoms. The molecule has 1 heteroatoms. The summed E-state index contributed by atoms with van der Waals surface area (Å²) in [6.07, 6.45) is 15.3. The topological polar surface area (TPSA) is 17.1 Å². The first-order chi connectivity index (χ1) is 7.80. The maximum Gasteiger partial charge on any atom is 0.135 e. The minimum absolute atomic E-state index is 0.322. The van der Waals surface area contributed by atoms with Gasteiger partial charge in [-0.05, 0) is 12.8 Å². The van der Waals surface area contributed by atoms with Crippen molar-refractivity contribution in [2.75, 3.05) is 0 Å².